The number of aromatic nitrogens is 4. The van der Waals surface area contributed by atoms with Gasteiger partial charge in [-0.05, 0) is 66.6 Å². The quantitative estimate of drug-likeness (QED) is 0.0541. The van der Waals surface area contributed by atoms with Gasteiger partial charge in [-0.2, -0.15) is 18.3 Å². The molecule has 0 radical (unpaired) electrons. The lowest BCUT2D eigenvalue weighted by Gasteiger charge is -2.26. The van der Waals surface area contributed by atoms with E-state index >= 15 is 4.39 Å². The minimum atomic E-state index is -4.72. The highest BCUT2D eigenvalue weighted by Gasteiger charge is 2.32. The second-order valence-corrected chi connectivity index (χ2v) is 21.3. The number of alkyl halides is 3. The maximum Gasteiger partial charge on any atom is 0.393 e. The van der Waals surface area contributed by atoms with E-state index < -0.39 is 59.5 Å². The van der Waals surface area contributed by atoms with Gasteiger partial charge in [0.15, 0.2) is 28.7 Å². The molecule has 2 heterocycles. The third-order valence-electron chi connectivity index (χ3n) is 8.63. The van der Waals surface area contributed by atoms with Crippen LogP contribution in [0, 0.1) is 5.82 Å². The summed E-state index contributed by atoms with van der Waals surface area (Å²) in [5.41, 5.74) is -0.729. The molecule has 5 aromatic rings. The predicted molar refractivity (Wildman–Crippen MR) is 205 cm³/mol. The average Bonchev–Trinajstić information content (AvgIpc) is 3.51. The molecule has 0 saturated heterocycles. The Balaban J connectivity index is 1.70. The summed E-state index contributed by atoms with van der Waals surface area (Å²) in [6.07, 6.45) is -6.21. The van der Waals surface area contributed by atoms with Gasteiger partial charge in [0.1, 0.15) is 18.3 Å². The van der Waals surface area contributed by atoms with Crippen molar-refractivity contribution in [1.82, 2.24) is 19.7 Å². The van der Waals surface area contributed by atoms with E-state index in [2.05, 4.69) is 40.0 Å². The first-order valence-corrected chi connectivity index (χ1v) is 22.5. The van der Waals surface area contributed by atoms with Crippen LogP contribution in [0.15, 0.2) is 65.6 Å². The molecule has 0 atom stereocenters. The Morgan fingerprint density at radius 3 is 2.32 bits per heavy atom. The number of carboxylic acid groups (broad SMARTS) is 1. The van der Waals surface area contributed by atoms with Crippen LogP contribution < -0.4 is 19.1 Å². The van der Waals surface area contributed by atoms with Crippen molar-refractivity contribution in [3.8, 4) is 22.9 Å². The molecule has 0 saturated carbocycles. The van der Waals surface area contributed by atoms with E-state index in [-0.39, 0.29) is 58.6 Å². The highest BCUT2D eigenvalue weighted by atomic mass is 32.2. The lowest BCUT2D eigenvalue weighted by molar-refractivity contribution is -0.127. The zero-order chi connectivity index (χ0) is 41.0. The molecular formula is C37H42F4N6O7SSi. The first kappa shape index (κ1) is 41.9. The number of rotatable bonds is 17. The van der Waals surface area contributed by atoms with E-state index in [4.69, 9.17) is 14.2 Å². The first-order valence-electron chi connectivity index (χ1n) is 17.4. The van der Waals surface area contributed by atoms with Crippen LogP contribution in [0.1, 0.15) is 28.5 Å². The van der Waals surface area contributed by atoms with Gasteiger partial charge in [-0.25, -0.2) is 32.3 Å². The van der Waals surface area contributed by atoms with Crippen molar-refractivity contribution in [2.24, 2.45) is 0 Å². The second kappa shape index (κ2) is 16.8. The number of benzene rings is 3. The summed E-state index contributed by atoms with van der Waals surface area (Å²) in [7, 11) is -3.06. The standard InChI is InChI=1S/C37H42F4N6O7SSi/c1-7-47(55(50,51)26-11-9-8-10-12-26)29-14-13-25(52-2)17-24(29)21-42-34-31-32(36(48)49)45-46(22-54-15-16-56(4,5)6)35(31)44-33(43-34)27-19-28(38)30(53-3)18-23(27)20-37(39,40)41/h8-14,17-19H,7,15-16,20-22H2,1-6H3,(H,48,49)(H,42,43,44). The van der Waals surface area contributed by atoms with Gasteiger partial charge < -0.3 is 24.6 Å². The normalized spacial score (nSPS) is 12.2. The van der Waals surface area contributed by atoms with Gasteiger partial charge in [-0.15, -0.1) is 0 Å². The van der Waals surface area contributed by atoms with Gasteiger partial charge in [0, 0.05) is 33.3 Å². The molecule has 0 spiro atoms. The van der Waals surface area contributed by atoms with Gasteiger partial charge in [0.25, 0.3) is 10.0 Å². The number of ether oxygens (including phenoxy) is 3. The van der Waals surface area contributed by atoms with Crippen LogP contribution in [0.3, 0.4) is 0 Å². The summed E-state index contributed by atoms with van der Waals surface area (Å²) in [6, 6.07) is 15.0. The van der Waals surface area contributed by atoms with E-state index in [0.717, 1.165) is 30.0 Å². The Morgan fingerprint density at radius 1 is 1.00 bits per heavy atom. The fraction of sp³-hybridized carbons (Fsp3) is 0.351. The largest absolute Gasteiger partial charge is 0.497 e. The lowest BCUT2D eigenvalue weighted by Crippen LogP contribution is -2.31. The van der Waals surface area contributed by atoms with Crippen molar-refractivity contribution >= 4 is 46.6 Å². The van der Waals surface area contributed by atoms with Crippen LogP contribution in [-0.4, -0.2) is 80.9 Å². The number of nitrogens with zero attached hydrogens (tertiary/aromatic N) is 5. The second-order valence-electron chi connectivity index (χ2n) is 13.9. The van der Waals surface area contributed by atoms with Crippen LogP contribution in [0.25, 0.3) is 22.4 Å². The van der Waals surface area contributed by atoms with E-state index in [1.807, 2.05) is 0 Å². The molecular weight excluding hydrogens is 777 g/mol. The summed E-state index contributed by atoms with van der Waals surface area (Å²) in [5, 5.41) is 17.5. The average molecular weight is 819 g/mol. The van der Waals surface area contributed by atoms with Gasteiger partial charge in [0.05, 0.1) is 36.6 Å². The Kier molecular flexibility index (Phi) is 12.6. The number of carboxylic acids is 1. The van der Waals surface area contributed by atoms with Crippen molar-refractivity contribution in [3.63, 3.8) is 0 Å². The Bertz CT molecular complexity index is 2320. The van der Waals surface area contributed by atoms with Crippen molar-refractivity contribution in [2.45, 2.75) is 63.4 Å². The topological polar surface area (TPSA) is 158 Å². The van der Waals surface area contributed by atoms with Gasteiger partial charge >= 0.3 is 12.1 Å². The predicted octanol–water partition coefficient (Wildman–Crippen LogP) is 7.59. The Hall–Kier alpha value is -5.27. The number of nitrogens with one attached hydrogen (secondary N) is 1. The molecule has 5 rings (SSSR count). The molecule has 0 bridgehead atoms. The molecule has 3 aromatic carbocycles. The molecule has 13 nitrogen and oxygen atoms in total. The highest BCUT2D eigenvalue weighted by molar-refractivity contribution is 7.92. The van der Waals surface area contributed by atoms with Crippen molar-refractivity contribution in [1.29, 1.82) is 0 Å². The summed E-state index contributed by atoms with van der Waals surface area (Å²) in [4.78, 5) is 21.6. The fourth-order valence-electron chi connectivity index (χ4n) is 5.85. The van der Waals surface area contributed by atoms with E-state index in [0.29, 0.717) is 17.9 Å². The monoisotopic (exact) mass is 818 g/mol. The molecule has 0 aliphatic carbocycles. The van der Waals surface area contributed by atoms with Crippen molar-refractivity contribution in [2.75, 3.05) is 37.0 Å². The van der Waals surface area contributed by atoms with Gasteiger partial charge in [-0.3, -0.25) is 4.31 Å². The third kappa shape index (κ3) is 9.56. The summed E-state index contributed by atoms with van der Waals surface area (Å²) >= 11 is 0. The highest BCUT2D eigenvalue weighted by Crippen LogP contribution is 2.37. The number of carbonyl (C=O) groups is 1. The summed E-state index contributed by atoms with van der Waals surface area (Å²) < 4.78 is 103. The molecule has 0 aliphatic rings. The van der Waals surface area contributed by atoms with Crippen LogP contribution >= 0.6 is 0 Å². The number of hydrogen-bond donors (Lipinski definition) is 2. The van der Waals surface area contributed by atoms with Gasteiger partial charge in [-0.1, -0.05) is 37.8 Å². The molecule has 0 unspecified atom stereocenters. The lowest BCUT2D eigenvalue weighted by atomic mass is 10.0. The third-order valence-corrected chi connectivity index (χ3v) is 12.2. The maximum absolute atomic E-state index is 15.2. The number of fused-ring (bicyclic) bond motifs is 1. The number of anilines is 2. The summed E-state index contributed by atoms with van der Waals surface area (Å²) in [6.45, 7) is 7.98. The Labute approximate surface area is 322 Å². The summed E-state index contributed by atoms with van der Waals surface area (Å²) in [5.74, 6) is -3.08. The maximum atomic E-state index is 15.2. The molecule has 300 valence electrons. The number of hydrogen-bond acceptors (Lipinski definition) is 10. The van der Waals surface area contributed by atoms with Crippen LogP contribution in [0.5, 0.6) is 11.5 Å². The van der Waals surface area contributed by atoms with E-state index in [1.54, 1.807) is 43.3 Å². The van der Waals surface area contributed by atoms with Crippen molar-refractivity contribution in [3.05, 3.63) is 83.3 Å². The Morgan fingerprint density at radius 2 is 1.71 bits per heavy atom. The van der Waals surface area contributed by atoms with Gasteiger partial charge in [0.2, 0.25) is 0 Å². The molecule has 0 amide bonds. The number of methoxy groups -OCH3 is 2. The SMILES string of the molecule is CCN(c1ccc(OC)cc1CNc1nc(-c2cc(F)c(OC)cc2CC(F)(F)F)nc2c1c(C(=O)O)nn2COCC[Si](C)(C)C)S(=O)(=O)c1ccccc1. The first-order chi connectivity index (χ1) is 26.4. The number of sulfonamides is 1. The molecule has 2 aromatic heterocycles. The van der Waals surface area contributed by atoms with Crippen LogP contribution in [0.4, 0.5) is 29.1 Å². The smallest absolute Gasteiger partial charge is 0.393 e. The molecule has 2 N–H and O–H groups in total. The van der Waals surface area contributed by atoms with Crippen LogP contribution in [-0.2, 0) is 34.5 Å². The van der Waals surface area contributed by atoms with Crippen LogP contribution in [0.2, 0.25) is 25.7 Å². The zero-order valence-corrected chi connectivity index (χ0v) is 33.4. The molecule has 0 fully saturated rings. The van der Waals surface area contributed by atoms with E-state index in [1.165, 1.54) is 23.5 Å². The van der Waals surface area contributed by atoms with E-state index in [9.17, 15) is 31.5 Å². The fourth-order valence-corrected chi connectivity index (χ4v) is 8.14. The minimum absolute atomic E-state index is 0.0249. The number of halogens is 4. The number of aromatic carboxylic acids is 1. The van der Waals surface area contributed by atoms with Crippen molar-refractivity contribution < 1.29 is 50.1 Å². The molecule has 19 heteroatoms. The minimum Gasteiger partial charge on any atom is -0.497 e. The zero-order valence-electron chi connectivity index (χ0n) is 31.6. The molecule has 0 aliphatic heterocycles. The molecule has 56 heavy (non-hydrogen) atoms.